The highest BCUT2D eigenvalue weighted by Crippen LogP contribution is 2.30. The number of nitrogens with one attached hydrogen (secondary N) is 2. The first kappa shape index (κ1) is 42.5. The molecule has 3 fully saturated rings. The van der Waals surface area contributed by atoms with Crippen LogP contribution in [0.5, 0.6) is 0 Å². The standard InChI is InChI=1S/C17H27N5O9S.C16H36N/c1-17(2,3)30-16(26)20-8-4-5-11(20)13(23)18-19-14(24)12-7-6-10-9-21(12)15(25)22(10)31-32(27,28)29;1-5-9-13-17(14-10-6-2,15-11-7-3)16-12-8-4/h10-12H,4-9H2,1-3H3,(H,18,23)(H,19,24)(H,27,28,29);5-16H2,1-4H3/q;+1/t10-,11-,12+;/m1./s1. The number of carbonyl (C=O) groups is 4. The van der Waals surface area contributed by atoms with E-state index >= 15 is 0 Å². The number of rotatable bonds is 16. The lowest BCUT2D eigenvalue weighted by Gasteiger charge is -2.39. The third kappa shape index (κ3) is 13.5. The van der Waals surface area contributed by atoms with Crippen molar-refractivity contribution in [2.45, 2.75) is 149 Å². The highest BCUT2D eigenvalue weighted by molar-refractivity contribution is 7.80. The molecule has 3 aliphatic rings. The third-order valence-electron chi connectivity index (χ3n) is 9.24. The molecule has 0 aliphatic carbocycles. The molecule has 49 heavy (non-hydrogen) atoms. The highest BCUT2D eigenvalue weighted by atomic mass is 32.3. The van der Waals surface area contributed by atoms with Gasteiger partial charge < -0.3 is 14.1 Å². The Bertz CT molecular complexity index is 1160. The molecule has 0 saturated carbocycles. The van der Waals surface area contributed by atoms with Crippen molar-refractivity contribution in [3.05, 3.63) is 0 Å². The first-order chi connectivity index (χ1) is 23.0. The van der Waals surface area contributed by atoms with Crippen LogP contribution in [0, 0.1) is 0 Å². The van der Waals surface area contributed by atoms with Crippen LogP contribution >= 0.6 is 0 Å². The van der Waals surface area contributed by atoms with E-state index in [4.69, 9.17) is 9.29 Å². The predicted molar refractivity (Wildman–Crippen MR) is 185 cm³/mol. The number of piperidine rings is 1. The van der Waals surface area contributed by atoms with Crippen molar-refractivity contribution in [2.75, 3.05) is 39.3 Å². The lowest BCUT2D eigenvalue weighted by Crippen LogP contribution is -2.57. The van der Waals surface area contributed by atoms with Gasteiger partial charge in [0.1, 0.15) is 17.7 Å². The van der Waals surface area contributed by atoms with Crippen LogP contribution in [-0.4, -0.2) is 119 Å². The Balaban J connectivity index is 0.000000417. The molecule has 2 bridgehead atoms. The van der Waals surface area contributed by atoms with Crippen molar-refractivity contribution in [1.29, 1.82) is 0 Å². The zero-order valence-electron chi connectivity index (χ0n) is 30.9. The highest BCUT2D eigenvalue weighted by Gasteiger charge is 2.49. The molecule has 0 aromatic carbocycles. The van der Waals surface area contributed by atoms with E-state index in [-0.39, 0.29) is 19.4 Å². The molecule has 3 aliphatic heterocycles. The summed E-state index contributed by atoms with van der Waals surface area (Å²) >= 11 is 0. The quantitative estimate of drug-likeness (QED) is 0.118. The zero-order chi connectivity index (χ0) is 36.8. The molecule has 3 heterocycles. The molecular formula is C33H63N6O9S+. The zero-order valence-corrected chi connectivity index (χ0v) is 31.7. The maximum absolute atomic E-state index is 12.6. The van der Waals surface area contributed by atoms with Crippen LogP contribution in [-0.2, 0) is 29.0 Å². The summed E-state index contributed by atoms with van der Waals surface area (Å²) < 4.78 is 41.8. The molecule has 3 saturated heterocycles. The Labute approximate surface area is 293 Å². The van der Waals surface area contributed by atoms with Crippen molar-refractivity contribution < 1.29 is 45.7 Å². The second-order valence-electron chi connectivity index (χ2n) is 14.5. The predicted octanol–water partition coefficient (Wildman–Crippen LogP) is 4.54. The fourth-order valence-corrected chi connectivity index (χ4v) is 7.01. The van der Waals surface area contributed by atoms with Gasteiger partial charge in [0, 0.05) is 13.1 Å². The van der Waals surface area contributed by atoms with Gasteiger partial charge in [-0.05, 0) is 72.1 Å². The molecule has 0 unspecified atom stereocenters. The Morgan fingerprint density at radius 2 is 1.33 bits per heavy atom. The SMILES string of the molecule is CC(C)(C)OC(=O)N1CCC[C@@H]1C(=O)NNC(=O)[C@@H]1CC[C@@H]2CN1C(=O)N2OS(=O)(=O)O.CCCC[N+](CCCC)(CCCC)CCCC. The molecular weight excluding hydrogens is 656 g/mol. The Hall–Kier alpha value is -2.69. The third-order valence-corrected chi connectivity index (χ3v) is 9.59. The van der Waals surface area contributed by atoms with E-state index in [1.807, 2.05) is 0 Å². The molecule has 0 radical (unpaired) electrons. The van der Waals surface area contributed by atoms with E-state index in [2.05, 4.69) is 42.8 Å². The molecule has 0 aromatic rings. The summed E-state index contributed by atoms with van der Waals surface area (Å²) in [7, 11) is -4.89. The van der Waals surface area contributed by atoms with Gasteiger partial charge in [-0.1, -0.05) is 53.4 Å². The number of amides is 5. The number of hydrogen-bond donors (Lipinski definition) is 3. The van der Waals surface area contributed by atoms with Crippen LogP contribution in [0.1, 0.15) is 126 Å². The van der Waals surface area contributed by atoms with Crippen LogP contribution in [0.3, 0.4) is 0 Å². The summed E-state index contributed by atoms with van der Waals surface area (Å²) in [6.45, 7) is 20.5. The Kier molecular flexibility index (Phi) is 17.0. The van der Waals surface area contributed by atoms with Crippen molar-refractivity contribution in [3.63, 3.8) is 0 Å². The summed E-state index contributed by atoms with van der Waals surface area (Å²) in [5.74, 6) is -1.28. The van der Waals surface area contributed by atoms with Gasteiger partial charge in [-0.2, -0.15) is 13.5 Å². The van der Waals surface area contributed by atoms with Crippen molar-refractivity contribution in [2.24, 2.45) is 0 Å². The van der Waals surface area contributed by atoms with Crippen LogP contribution in [0.15, 0.2) is 0 Å². The fourth-order valence-electron chi connectivity index (χ4n) is 6.62. The van der Waals surface area contributed by atoms with Gasteiger partial charge in [-0.15, -0.1) is 4.28 Å². The number of nitrogens with zero attached hydrogens (tertiary/aromatic N) is 4. The molecule has 0 spiro atoms. The van der Waals surface area contributed by atoms with Crippen LogP contribution in [0.4, 0.5) is 9.59 Å². The van der Waals surface area contributed by atoms with E-state index in [1.54, 1.807) is 20.8 Å². The Morgan fingerprint density at radius 1 is 0.837 bits per heavy atom. The van der Waals surface area contributed by atoms with E-state index < -0.39 is 58.1 Å². The number of hydrazine groups is 1. The molecule has 3 N–H and O–H groups in total. The number of urea groups is 1. The number of quaternary nitrogens is 1. The number of likely N-dealkylation sites (tertiary alicyclic amines) is 1. The molecule has 16 heteroatoms. The van der Waals surface area contributed by atoms with Crippen LogP contribution in [0.2, 0.25) is 0 Å². The van der Waals surface area contributed by atoms with Gasteiger partial charge in [0.25, 0.3) is 11.8 Å². The average molecular weight is 720 g/mol. The van der Waals surface area contributed by atoms with E-state index in [9.17, 15) is 27.6 Å². The van der Waals surface area contributed by atoms with Gasteiger partial charge in [-0.25, -0.2) is 9.59 Å². The van der Waals surface area contributed by atoms with Gasteiger partial charge in [-0.3, -0.25) is 29.9 Å². The number of hydrogen-bond acceptors (Lipinski definition) is 8. The van der Waals surface area contributed by atoms with Gasteiger partial charge >= 0.3 is 22.5 Å². The second kappa shape index (κ2) is 19.6. The van der Waals surface area contributed by atoms with Crippen molar-refractivity contribution in [3.8, 4) is 0 Å². The van der Waals surface area contributed by atoms with E-state index in [0.29, 0.717) is 24.4 Å². The van der Waals surface area contributed by atoms with Crippen molar-refractivity contribution in [1.82, 2.24) is 25.7 Å². The van der Waals surface area contributed by atoms with Gasteiger partial charge in [0.05, 0.1) is 32.2 Å². The smallest absolute Gasteiger partial charge is 0.418 e. The maximum Gasteiger partial charge on any atom is 0.418 e. The molecule has 5 amide bonds. The minimum Gasteiger partial charge on any atom is -0.444 e. The summed E-state index contributed by atoms with van der Waals surface area (Å²) in [4.78, 5) is 52.3. The number of ether oxygens (including phenoxy) is 1. The lowest BCUT2D eigenvalue weighted by atomic mass is 10.0. The lowest BCUT2D eigenvalue weighted by molar-refractivity contribution is -0.929. The van der Waals surface area contributed by atoms with E-state index in [0.717, 1.165) is 4.90 Å². The maximum atomic E-state index is 12.6. The molecule has 0 aromatic heterocycles. The van der Waals surface area contributed by atoms with Gasteiger partial charge in [0.15, 0.2) is 0 Å². The first-order valence-electron chi connectivity index (χ1n) is 18.2. The molecule has 3 rings (SSSR count). The summed E-state index contributed by atoms with van der Waals surface area (Å²) in [6, 6.07) is -3.31. The summed E-state index contributed by atoms with van der Waals surface area (Å²) in [5.41, 5.74) is 3.83. The second-order valence-corrected chi connectivity index (χ2v) is 15.5. The topological polar surface area (TPSA) is 175 Å². The first-order valence-corrected chi connectivity index (χ1v) is 19.6. The number of fused-ring (bicyclic) bond motifs is 2. The Morgan fingerprint density at radius 3 is 1.78 bits per heavy atom. The average Bonchev–Trinajstić information content (AvgIpc) is 3.62. The summed E-state index contributed by atoms with van der Waals surface area (Å²) in [6.07, 6.45) is 11.9. The van der Waals surface area contributed by atoms with Crippen LogP contribution < -0.4 is 10.9 Å². The molecule has 15 nitrogen and oxygen atoms in total. The fraction of sp³-hybridized carbons (Fsp3) is 0.879. The number of hydroxylamine groups is 2. The number of unbranched alkanes of at least 4 members (excludes halogenated alkanes) is 4. The van der Waals surface area contributed by atoms with Gasteiger partial charge in [0.2, 0.25) is 0 Å². The normalized spacial score (nSPS) is 20.9. The molecule has 284 valence electrons. The number of carbonyl (C=O) groups excluding carboxylic acids is 4. The van der Waals surface area contributed by atoms with Crippen LogP contribution in [0.25, 0.3) is 0 Å². The monoisotopic (exact) mass is 719 g/mol. The molecule has 3 atom stereocenters. The summed E-state index contributed by atoms with van der Waals surface area (Å²) in [5, 5.41) is 0.526. The minimum atomic E-state index is -4.89. The minimum absolute atomic E-state index is 0.0232. The van der Waals surface area contributed by atoms with Crippen molar-refractivity contribution >= 4 is 34.3 Å². The van der Waals surface area contributed by atoms with E-state index in [1.165, 1.54) is 86.9 Å². The largest absolute Gasteiger partial charge is 0.444 e.